The van der Waals surface area contributed by atoms with Crippen molar-refractivity contribution in [3.05, 3.63) is 70.3 Å². The molecule has 41 heavy (non-hydrogen) atoms. The maximum absolute atomic E-state index is 13.2. The molecule has 1 amide bonds. The molecule has 0 aromatic heterocycles. The number of sulfonamides is 1. The minimum absolute atomic E-state index is 0.134. The summed E-state index contributed by atoms with van der Waals surface area (Å²) in [7, 11) is -2.44. The molecule has 2 aromatic carbocycles. The van der Waals surface area contributed by atoms with Gasteiger partial charge in [0, 0.05) is 30.8 Å². The van der Waals surface area contributed by atoms with E-state index < -0.39 is 27.3 Å². The summed E-state index contributed by atoms with van der Waals surface area (Å²) in [6, 6.07) is 10.9. The Kier molecular flexibility index (Phi) is 9.28. The fourth-order valence-electron chi connectivity index (χ4n) is 6.04. The fourth-order valence-corrected chi connectivity index (χ4v) is 7.33. The highest BCUT2D eigenvalue weighted by Gasteiger charge is 2.38. The fraction of sp³-hybridized carbons (Fsp3) is 0.516. The Hall–Kier alpha value is -2.59. The third kappa shape index (κ3) is 6.74. The zero-order chi connectivity index (χ0) is 29.1. The number of hydrogen-bond donors (Lipinski definition) is 2. The number of aryl methyl sites for hydroxylation is 1. The first-order chi connectivity index (χ1) is 19.7. The van der Waals surface area contributed by atoms with Crippen molar-refractivity contribution in [1.82, 2.24) is 4.72 Å². The van der Waals surface area contributed by atoms with Crippen LogP contribution in [0.5, 0.6) is 5.75 Å². The molecule has 0 unspecified atom stereocenters. The van der Waals surface area contributed by atoms with Crippen LogP contribution in [0.4, 0.5) is 5.69 Å². The van der Waals surface area contributed by atoms with E-state index in [0.29, 0.717) is 29.2 Å². The molecule has 2 aliphatic heterocycles. The molecule has 2 heterocycles. The Morgan fingerprint density at radius 3 is 2.71 bits per heavy atom. The van der Waals surface area contributed by atoms with Crippen LogP contribution in [0.3, 0.4) is 0 Å². The maximum Gasteiger partial charge on any atom is 0.264 e. The van der Waals surface area contributed by atoms with E-state index in [2.05, 4.69) is 9.62 Å². The van der Waals surface area contributed by atoms with E-state index in [4.69, 9.17) is 21.1 Å². The third-order valence-corrected chi connectivity index (χ3v) is 10.8. The van der Waals surface area contributed by atoms with Gasteiger partial charge in [0.05, 0.1) is 17.9 Å². The van der Waals surface area contributed by atoms with E-state index in [1.165, 1.54) is 12.5 Å². The van der Waals surface area contributed by atoms with Crippen molar-refractivity contribution < 1.29 is 27.8 Å². The summed E-state index contributed by atoms with van der Waals surface area (Å²) in [5, 5.41) is 10.1. The van der Waals surface area contributed by atoms with E-state index in [-0.39, 0.29) is 18.1 Å². The molecule has 1 aliphatic carbocycles. The number of amides is 1. The van der Waals surface area contributed by atoms with Crippen LogP contribution in [0.1, 0.15) is 60.5 Å². The number of benzene rings is 2. The first-order valence-corrected chi connectivity index (χ1v) is 16.3. The van der Waals surface area contributed by atoms with Gasteiger partial charge in [-0.3, -0.25) is 4.79 Å². The van der Waals surface area contributed by atoms with E-state index in [9.17, 15) is 18.3 Å². The van der Waals surface area contributed by atoms with Gasteiger partial charge in [0.2, 0.25) is 10.0 Å². The molecular weight excluding hydrogens is 564 g/mol. The van der Waals surface area contributed by atoms with Crippen LogP contribution in [-0.2, 0) is 27.8 Å². The van der Waals surface area contributed by atoms with Crippen LogP contribution < -0.4 is 14.4 Å². The molecule has 5 atom stereocenters. The van der Waals surface area contributed by atoms with E-state index >= 15 is 0 Å². The van der Waals surface area contributed by atoms with Crippen molar-refractivity contribution in [2.24, 2.45) is 11.8 Å². The van der Waals surface area contributed by atoms with Crippen LogP contribution in [0.2, 0.25) is 5.02 Å². The number of fused-ring (bicyclic) bond motifs is 3. The quantitative estimate of drug-likeness (QED) is 0.449. The van der Waals surface area contributed by atoms with Gasteiger partial charge >= 0.3 is 0 Å². The predicted molar refractivity (Wildman–Crippen MR) is 160 cm³/mol. The standard InChI is InChI=1S/C31H39ClN2O6S/c1-20-28(35)7-5-8-29(39-2)26-13-10-23(26)18-34-15-4-3-6-21-16-25(32)12-9-24(21)19-40-30-14-11-22(17-27(30)34)31(36)33-41(20,37)38/h5,8-9,11-12,14,16-17,20,23,26,28-29,35H,3-4,6-7,10,13,15,18-19H2,1-2H3,(H,33,36)/b8-5+/t20-,23+,26-,28-,29+/m1/s1. The lowest BCUT2D eigenvalue weighted by Crippen LogP contribution is -2.44. The number of hydrogen-bond acceptors (Lipinski definition) is 7. The number of ether oxygens (including phenoxy) is 2. The summed E-state index contributed by atoms with van der Waals surface area (Å²) in [5.74, 6) is 0.567. The molecule has 2 N–H and O–H groups in total. The Morgan fingerprint density at radius 1 is 1.12 bits per heavy atom. The molecule has 3 aliphatic rings. The molecule has 1 saturated carbocycles. The van der Waals surface area contributed by atoms with Crippen LogP contribution >= 0.6 is 11.6 Å². The highest BCUT2D eigenvalue weighted by Crippen LogP contribution is 2.41. The Labute approximate surface area is 247 Å². The number of halogens is 1. The van der Waals surface area contributed by atoms with Gasteiger partial charge in [0.25, 0.3) is 5.91 Å². The van der Waals surface area contributed by atoms with Gasteiger partial charge in [0.1, 0.15) is 17.6 Å². The lowest BCUT2D eigenvalue weighted by Gasteiger charge is -2.43. The minimum atomic E-state index is -4.13. The lowest BCUT2D eigenvalue weighted by atomic mass is 9.70. The average Bonchev–Trinajstić information content (AvgIpc) is 2.96. The number of carbonyl (C=O) groups excluding carboxylic acids is 1. The van der Waals surface area contributed by atoms with Gasteiger partial charge in [-0.25, -0.2) is 13.1 Å². The van der Waals surface area contributed by atoms with Crippen molar-refractivity contribution in [2.75, 3.05) is 25.1 Å². The molecule has 2 aromatic rings. The number of rotatable bonds is 1. The van der Waals surface area contributed by atoms with Crippen molar-refractivity contribution in [1.29, 1.82) is 0 Å². The van der Waals surface area contributed by atoms with Crippen molar-refractivity contribution in [3.63, 3.8) is 0 Å². The van der Waals surface area contributed by atoms with Gasteiger partial charge in [-0.05, 0) is 98.7 Å². The molecule has 8 nitrogen and oxygen atoms in total. The highest BCUT2D eigenvalue weighted by atomic mass is 35.5. The average molecular weight is 603 g/mol. The summed E-state index contributed by atoms with van der Waals surface area (Å²) in [4.78, 5) is 15.5. The largest absolute Gasteiger partial charge is 0.487 e. The van der Waals surface area contributed by atoms with E-state index in [0.717, 1.165) is 56.4 Å². The van der Waals surface area contributed by atoms with E-state index in [1.54, 1.807) is 31.4 Å². The number of nitrogens with zero attached hydrogens (tertiary/aromatic N) is 1. The van der Waals surface area contributed by atoms with Crippen LogP contribution in [0, 0.1) is 11.8 Å². The molecule has 0 spiro atoms. The van der Waals surface area contributed by atoms with E-state index in [1.807, 2.05) is 24.3 Å². The zero-order valence-corrected chi connectivity index (χ0v) is 25.2. The molecule has 0 saturated heterocycles. The lowest BCUT2D eigenvalue weighted by molar-refractivity contribution is 0.0133. The topological polar surface area (TPSA) is 105 Å². The summed E-state index contributed by atoms with van der Waals surface area (Å²) >= 11 is 6.30. The molecule has 10 heteroatoms. The minimum Gasteiger partial charge on any atom is -0.487 e. The number of aliphatic hydroxyl groups is 1. The molecule has 1 fully saturated rings. The van der Waals surface area contributed by atoms with Gasteiger partial charge in [-0.2, -0.15) is 0 Å². The molecular formula is C31H39ClN2O6S. The maximum atomic E-state index is 13.2. The van der Waals surface area contributed by atoms with Gasteiger partial charge in [0.15, 0.2) is 0 Å². The molecule has 222 valence electrons. The Balaban J connectivity index is 1.55. The van der Waals surface area contributed by atoms with Crippen LogP contribution in [0.15, 0.2) is 48.6 Å². The summed E-state index contributed by atoms with van der Waals surface area (Å²) in [6.45, 7) is 3.28. The second kappa shape index (κ2) is 12.7. The third-order valence-electron chi connectivity index (χ3n) is 8.83. The first kappa shape index (κ1) is 29.9. The van der Waals surface area contributed by atoms with Gasteiger partial charge in [-0.15, -0.1) is 0 Å². The summed E-state index contributed by atoms with van der Waals surface area (Å²) in [5.41, 5.74) is 3.22. The number of methoxy groups -OCH3 is 1. The first-order valence-electron chi connectivity index (χ1n) is 14.4. The molecule has 2 bridgehead atoms. The predicted octanol–water partition coefficient (Wildman–Crippen LogP) is 4.87. The molecule has 5 rings (SSSR count). The van der Waals surface area contributed by atoms with Crippen LogP contribution in [-0.4, -0.2) is 57.1 Å². The Bertz CT molecular complexity index is 1400. The number of nitrogens with one attached hydrogen (secondary N) is 1. The van der Waals surface area contributed by atoms with Gasteiger partial charge < -0.3 is 19.5 Å². The smallest absolute Gasteiger partial charge is 0.264 e. The zero-order valence-electron chi connectivity index (χ0n) is 23.6. The van der Waals surface area contributed by atoms with Crippen molar-refractivity contribution >= 4 is 33.2 Å². The Morgan fingerprint density at radius 2 is 1.95 bits per heavy atom. The number of carbonyl (C=O) groups is 1. The van der Waals surface area contributed by atoms with Crippen molar-refractivity contribution in [3.8, 4) is 5.75 Å². The second-order valence-corrected chi connectivity index (χ2v) is 13.9. The SMILES string of the molecule is CO[C@H]1/C=C/C[C@@H](O)[C@@H](C)S(=O)(=O)NC(=O)c2ccc3c(c2)N(CCCCc2cc(Cl)ccc2CO3)C[C@@H]2CC[C@H]21. The highest BCUT2D eigenvalue weighted by molar-refractivity contribution is 7.90. The molecule has 0 radical (unpaired) electrons. The monoisotopic (exact) mass is 602 g/mol. The number of anilines is 1. The van der Waals surface area contributed by atoms with Crippen LogP contribution in [0.25, 0.3) is 0 Å². The summed E-state index contributed by atoms with van der Waals surface area (Å²) in [6.07, 6.45) is 7.44. The van der Waals surface area contributed by atoms with Crippen molar-refractivity contribution in [2.45, 2.75) is 69.5 Å². The van der Waals surface area contributed by atoms with Gasteiger partial charge in [-0.1, -0.05) is 29.8 Å². The normalized spacial score (nSPS) is 29.4. The summed E-state index contributed by atoms with van der Waals surface area (Å²) < 4.78 is 40.4. The number of aliphatic hydroxyl groups excluding tert-OH is 1. The second-order valence-electron chi connectivity index (χ2n) is 11.4.